The zero-order valence-electron chi connectivity index (χ0n) is 26.6. The third-order valence-electron chi connectivity index (χ3n) is 9.77. The molecule has 0 aliphatic carbocycles. The summed E-state index contributed by atoms with van der Waals surface area (Å²) in [5, 5.41) is 7.56. The number of rotatable bonds is 5. The summed E-state index contributed by atoms with van der Waals surface area (Å²) >= 11 is 1.90. The van der Waals surface area contributed by atoms with Gasteiger partial charge in [-0.25, -0.2) is 0 Å². The van der Waals surface area contributed by atoms with Crippen molar-refractivity contribution in [3.63, 3.8) is 0 Å². The van der Waals surface area contributed by atoms with Gasteiger partial charge in [-0.15, -0.1) is 11.3 Å². The van der Waals surface area contributed by atoms with Gasteiger partial charge in [-0.3, -0.25) is 0 Å². The van der Waals surface area contributed by atoms with Crippen molar-refractivity contribution >= 4 is 81.1 Å². The quantitative estimate of drug-likeness (QED) is 0.181. The van der Waals surface area contributed by atoms with Crippen LogP contribution in [0.15, 0.2) is 182 Å². The number of anilines is 3. The largest absolute Gasteiger partial charge is 0.309 e. The zero-order chi connectivity index (χ0) is 32.3. The van der Waals surface area contributed by atoms with Crippen molar-refractivity contribution in [1.82, 2.24) is 4.57 Å². The number of thiophene rings is 1. The maximum absolute atomic E-state index is 2.43. The van der Waals surface area contributed by atoms with Crippen molar-refractivity contribution in [2.75, 3.05) is 4.90 Å². The van der Waals surface area contributed by atoms with Crippen LogP contribution in [0.4, 0.5) is 17.1 Å². The Morgan fingerprint density at radius 3 is 1.88 bits per heavy atom. The minimum absolute atomic E-state index is 1.14. The molecule has 49 heavy (non-hydrogen) atoms. The standard InChI is InChI=1S/C46H30N2S/c1-3-16-33(17-4-1)47(41-26-11-15-31-14-7-8-20-35(31)41)43-27-13-24-40-39-23-12-22-36(45(39)49-46(40)43)32-28-29-38-37-21-9-10-25-42(37)48(44(38)30-32)34-18-5-2-6-19-34/h1-30H. The number of hydrogen-bond donors (Lipinski definition) is 0. The first-order valence-corrected chi connectivity index (χ1v) is 17.5. The highest BCUT2D eigenvalue weighted by molar-refractivity contribution is 7.27. The van der Waals surface area contributed by atoms with Gasteiger partial charge in [0.15, 0.2) is 0 Å². The van der Waals surface area contributed by atoms with E-state index in [-0.39, 0.29) is 0 Å². The van der Waals surface area contributed by atoms with Gasteiger partial charge in [-0.05, 0) is 65.0 Å². The van der Waals surface area contributed by atoms with E-state index in [1.54, 1.807) is 0 Å². The molecule has 2 nitrogen and oxygen atoms in total. The van der Waals surface area contributed by atoms with Crippen LogP contribution in [0, 0.1) is 0 Å². The molecule has 0 atom stereocenters. The number of fused-ring (bicyclic) bond motifs is 7. The number of nitrogens with zero attached hydrogens (tertiary/aromatic N) is 2. The molecule has 10 aromatic rings. The molecule has 0 amide bonds. The Morgan fingerprint density at radius 2 is 1.02 bits per heavy atom. The third-order valence-corrected chi connectivity index (χ3v) is 11.0. The lowest BCUT2D eigenvalue weighted by molar-refractivity contribution is 1.18. The van der Waals surface area contributed by atoms with Crippen LogP contribution in [-0.4, -0.2) is 4.57 Å². The third kappa shape index (κ3) is 4.40. The molecule has 0 aliphatic rings. The van der Waals surface area contributed by atoms with Crippen molar-refractivity contribution in [2.24, 2.45) is 0 Å². The Labute approximate surface area is 288 Å². The van der Waals surface area contributed by atoms with Crippen LogP contribution in [0.25, 0.3) is 69.6 Å². The molecule has 0 fully saturated rings. The highest BCUT2D eigenvalue weighted by Gasteiger charge is 2.21. The van der Waals surface area contributed by atoms with Crippen LogP contribution in [0.3, 0.4) is 0 Å². The maximum Gasteiger partial charge on any atom is 0.0640 e. The van der Waals surface area contributed by atoms with Crippen LogP contribution >= 0.6 is 11.3 Å². The summed E-state index contributed by atoms with van der Waals surface area (Å²) in [5.74, 6) is 0. The van der Waals surface area contributed by atoms with Gasteiger partial charge in [-0.1, -0.05) is 133 Å². The van der Waals surface area contributed by atoms with E-state index >= 15 is 0 Å². The molecule has 0 bridgehead atoms. The van der Waals surface area contributed by atoms with Gasteiger partial charge >= 0.3 is 0 Å². The first-order valence-electron chi connectivity index (χ1n) is 16.7. The lowest BCUT2D eigenvalue weighted by Gasteiger charge is -2.27. The average Bonchev–Trinajstić information content (AvgIpc) is 3.72. The second-order valence-corrected chi connectivity index (χ2v) is 13.5. The molecule has 2 heterocycles. The van der Waals surface area contributed by atoms with E-state index in [0.29, 0.717) is 0 Å². The van der Waals surface area contributed by atoms with Gasteiger partial charge in [-0.2, -0.15) is 0 Å². The van der Waals surface area contributed by atoms with Gasteiger partial charge in [0.25, 0.3) is 0 Å². The van der Waals surface area contributed by atoms with Gasteiger partial charge < -0.3 is 9.47 Å². The summed E-state index contributed by atoms with van der Waals surface area (Å²) in [4.78, 5) is 2.43. The predicted molar refractivity (Wildman–Crippen MR) is 211 cm³/mol. The predicted octanol–water partition coefficient (Wildman–Crippen LogP) is 13.4. The van der Waals surface area contributed by atoms with Gasteiger partial charge in [0.05, 0.1) is 27.1 Å². The van der Waals surface area contributed by atoms with Crippen molar-refractivity contribution in [3.8, 4) is 16.8 Å². The molecule has 8 aromatic carbocycles. The molecule has 0 N–H and O–H groups in total. The van der Waals surface area contributed by atoms with Gasteiger partial charge in [0.2, 0.25) is 0 Å². The Balaban J connectivity index is 1.22. The number of para-hydroxylation sites is 3. The molecular formula is C46H30N2S. The molecule has 3 heteroatoms. The molecule has 0 saturated heterocycles. The Bertz CT molecular complexity index is 2820. The fourth-order valence-corrected chi connectivity index (χ4v) is 8.93. The van der Waals surface area contributed by atoms with E-state index in [1.165, 1.54) is 80.9 Å². The Morgan fingerprint density at radius 1 is 0.408 bits per heavy atom. The zero-order valence-corrected chi connectivity index (χ0v) is 27.4. The smallest absolute Gasteiger partial charge is 0.0640 e. The Hall–Kier alpha value is -6.16. The number of hydrogen-bond acceptors (Lipinski definition) is 2. The molecule has 10 rings (SSSR count). The lowest BCUT2D eigenvalue weighted by atomic mass is 10.0. The van der Waals surface area contributed by atoms with Crippen LogP contribution < -0.4 is 4.90 Å². The molecule has 0 unspecified atom stereocenters. The SMILES string of the molecule is c1ccc(N(c2cccc3ccccc23)c2cccc3c2sc2c(-c4ccc5c6ccccc6n(-c6ccccc6)c5c4)cccc23)cc1. The van der Waals surface area contributed by atoms with E-state index in [4.69, 9.17) is 0 Å². The van der Waals surface area contributed by atoms with Crippen molar-refractivity contribution in [1.29, 1.82) is 0 Å². The summed E-state index contributed by atoms with van der Waals surface area (Å²) in [5.41, 5.74) is 9.59. The lowest BCUT2D eigenvalue weighted by Crippen LogP contribution is -2.10. The minimum Gasteiger partial charge on any atom is -0.309 e. The average molecular weight is 643 g/mol. The van der Waals surface area contributed by atoms with Crippen molar-refractivity contribution in [2.45, 2.75) is 0 Å². The highest BCUT2D eigenvalue weighted by atomic mass is 32.1. The van der Waals surface area contributed by atoms with Gasteiger partial charge in [0, 0.05) is 43.0 Å². The van der Waals surface area contributed by atoms with Crippen molar-refractivity contribution < 1.29 is 0 Å². The summed E-state index contributed by atoms with van der Waals surface area (Å²) in [6.07, 6.45) is 0. The molecule has 230 valence electrons. The van der Waals surface area contributed by atoms with E-state index in [2.05, 4.69) is 191 Å². The van der Waals surface area contributed by atoms with Crippen LogP contribution in [0.5, 0.6) is 0 Å². The fourth-order valence-electron chi connectivity index (χ4n) is 7.59. The van der Waals surface area contributed by atoms with E-state index in [9.17, 15) is 0 Å². The normalized spacial score (nSPS) is 11.7. The summed E-state index contributed by atoms with van der Waals surface area (Å²) < 4.78 is 4.98. The van der Waals surface area contributed by atoms with Crippen LogP contribution in [0.2, 0.25) is 0 Å². The number of benzene rings is 8. The topological polar surface area (TPSA) is 8.17 Å². The van der Waals surface area contributed by atoms with Gasteiger partial charge in [0.1, 0.15) is 0 Å². The second kappa shape index (κ2) is 11.2. The molecule has 2 aromatic heterocycles. The number of aromatic nitrogens is 1. The minimum atomic E-state index is 1.14. The monoisotopic (exact) mass is 642 g/mol. The first-order chi connectivity index (χ1) is 24.3. The first kappa shape index (κ1) is 27.9. The van der Waals surface area contributed by atoms with Crippen molar-refractivity contribution in [3.05, 3.63) is 182 Å². The van der Waals surface area contributed by atoms with Crippen LogP contribution in [-0.2, 0) is 0 Å². The molecule has 0 saturated carbocycles. The molecule has 0 radical (unpaired) electrons. The summed E-state index contributed by atoms with van der Waals surface area (Å²) in [6, 6.07) is 66.0. The fraction of sp³-hybridized carbons (Fsp3) is 0. The second-order valence-electron chi connectivity index (χ2n) is 12.5. The van der Waals surface area contributed by atoms with E-state index < -0.39 is 0 Å². The Kier molecular flexibility index (Phi) is 6.39. The summed E-state index contributed by atoms with van der Waals surface area (Å²) in [7, 11) is 0. The van der Waals surface area contributed by atoms with E-state index in [0.717, 1.165) is 5.69 Å². The van der Waals surface area contributed by atoms with E-state index in [1.807, 2.05) is 11.3 Å². The highest BCUT2D eigenvalue weighted by Crippen LogP contribution is 2.48. The maximum atomic E-state index is 2.43. The molecule has 0 spiro atoms. The summed E-state index contributed by atoms with van der Waals surface area (Å²) in [6.45, 7) is 0. The molecular weight excluding hydrogens is 613 g/mol. The molecule has 0 aliphatic heterocycles. The van der Waals surface area contributed by atoms with Crippen LogP contribution in [0.1, 0.15) is 0 Å².